The van der Waals surface area contributed by atoms with Gasteiger partial charge in [0.05, 0.1) is 6.61 Å². The Kier molecular flexibility index (Phi) is 3.25. The molecule has 1 saturated heterocycles. The monoisotopic (exact) mass is 246 g/mol. The number of nitrogens with zero attached hydrogens (tertiary/aromatic N) is 3. The van der Waals surface area contributed by atoms with Gasteiger partial charge in [-0.3, -0.25) is 0 Å². The number of fused-ring (bicyclic) bond motifs is 1. The molecule has 0 spiro atoms. The number of imidazole rings is 1. The van der Waals surface area contributed by atoms with Gasteiger partial charge < -0.3 is 15.0 Å². The summed E-state index contributed by atoms with van der Waals surface area (Å²) >= 11 is 0. The predicted octanol–water partition coefficient (Wildman–Crippen LogP) is 0.718. The lowest BCUT2D eigenvalue weighted by molar-refractivity contribution is 0.275. The summed E-state index contributed by atoms with van der Waals surface area (Å²) < 4.78 is 2.04. The van der Waals surface area contributed by atoms with E-state index in [1.165, 1.54) is 12.8 Å². The molecule has 5 nitrogen and oxygen atoms in total. The number of pyridine rings is 1. The van der Waals surface area contributed by atoms with Gasteiger partial charge in [0.2, 0.25) is 0 Å². The first-order valence-electron chi connectivity index (χ1n) is 6.53. The van der Waals surface area contributed by atoms with Crippen molar-refractivity contribution in [1.29, 1.82) is 0 Å². The zero-order chi connectivity index (χ0) is 12.4. The first-order valence-corrected chi connectivity index (χ1v) is 6.53. The van der Waals surface area contributed by atoms with Gasteiger partial charge in [0, 0.05) is 25.2 Å². The summed E-state index contributed by atoms with van der Waals surface area (Å²) in [5.74, 6) is 1.03. The van der Waals surface area contributed by atoms with E-state index < -0.39 is 0 Å². The van der Waals surface area contributed by atoms with Crippen molar-refractivity contribution < 1.29 is 5.11 Å². The number of hydrogen-bond acceptors (Lipinski definition) is 4. The molecule has 1 unspecified atom stereocenters. The summed E-state index contributed by atoms with van der Waals surface area (Å²) in [4.78, 5) is 9.01. The maximum Gasteiger partial charge on any atom is 0.160 e. The lowest BCUT2D eigenvalue weighted by atomic mass is 10.1. The van der Waals surface area contributed by atoms with Crippen LogP contribution in [-0.4, -0.2) is 38.8 Å². The second-order valence-electron chi connectivity index (χ2n) is 4.75. The molecule has 1 aliphatic heterocycles. The molecule has 1 aliphatic rings. The van der Waals surface area contributed by atoms with Crippen LogP contribution >= 0.6 is 0 Å². The van der Waals surface area contributed by atoms with E-state index in [4.69, 9.17) is 0 Å². The van der Waals surface area contributed by atoms with E-state index in [0.717, 1.165) is 30.0 Å². The van der Waals surface area contributed by atoms with E-state index >= 15 is 0 Å². The van der Waals surface area contributed by atoms with Crippen LogP contribution in [0.25, 0.3) is 11.2 Å². The van der Waals surface area contributed by atoms with Crippen LogP contribution in [0.2, 0.25) is 0 Å². The summed E-state index contributed by atoms with van der Waals surface area (Å²) in [6.45, 7) is 1.78. The van der Waals surface area contributed by atoms with Crippen LogP contribution in [-0.2, 0) is 13.0 Å². The van der Waals surface area contributed by atoms with E-state index in [9.17, 15) is 5.11 Å². The second kappa shape index (κ2) is 5.04. The number of aliphatic hydroxyl groups is 1. The minimum absolute atomic E-state index is 0.118. The second-order valence-corrected chi connectivity index (χ2v) is 4.75. The first kappa shape index (κ1) is 11.6. The van der Waals surface area contributed by atoms with E-state index in [2.05, 4.69) is 15.3 Å². The van der Waals surface area contributed by atoms with E-state index in [0.29, 0.717) is 12.6 Å². The Morgan fingerprint density at radius 3 is 3.22 bits per heavy atom. The molecule has 2 aromatic heterocycles. The Labute approximate surface area is 106 Å². The van der Waals surface area contributed by atoms with Crippen molar-refractivity contribution in [2.75, 3.05) is 13.2 Å². The zero-order valence-corrected chi connectivity index (χ0v) is 10.3. The van der Waals surface area contributed by atoms with E-state index in [1.807, 2.05) is 16.7 Å². The molecular weight excluding hydrogens is 228 g/mol. The highest BCUT2D eigenvalue weighted by molar-refractivity contribution is 5.71. The molecular formula is C13H18N4O. The highest BCUT2D eigenvalue weighted by atomic mass is 16.3. The van der Waals surface area contributed by atoms with Crippen LogP contribution in [0.5, 0.6) is 0 Å². The fourth-order valence-corrected chi connectivity index (χ4v) is 2.65. The molecule has 3 heterocycles. The van der Waals surface area contributed by atoms with E-state index in [1.54, 1.807) is 6.20 Å². The first-order chi connectivity index (χ1) is 8.88. The number of aromatic nitrogens is 3. The molecule has 0 saturated carbocycles. The lowest BCUT2D eigenvalue weighted by Gasteiger charge is -2.11. The molecule has 2 aromatic rings. The van der Waals surface area contributed by atoms with Gasteiger partial charge in [-0.1, -0.05) is 0 Å². The fraction of sp³-hybridized carbons (Fsp3) is 0.538. The smallest absolute Gasteiger partial charge is 0.160 e. The molecule has 96 valence electrons. The highest BCUT2D eigenvalue weighted by Gasteiger charge is 2.19. The number of nitrogens with one attached hydrogen (secondary N) is 1. The lowest BCUT2D eigenvalue weighted by Crippen LogP contribution is -2.25. The van der Waals surface area contributed by atoms with Gasteiger partial charge in [-0.25, -0.2) is 9.97 Å². The third-order valence-electron chi connectivity index (χ3n) is 3.50. The van der Waals surface area contributed by atoms with Gasteiger partial charge in [-0.05, 0) is 31.5 Å². The standard InChI is InChI=1S/C13H18N4O/c18-8-7-17-12(9-10-3-1-5-14-10)16-11-4-2-6-15-13(11)17/h2,4,6,10,14,18H,1,3,5,7-9H2. The zero-order valence-electron chi connectivity index (χ0n) is 10.3. The maximum absolute atomic E-state index is 9.19. The molecule has 1 fully saturated rings. The molecule has 5 heteroatoms. The number of rotatable bonds is 4. The highest BCUT2D eigenvalue weighted by Crippen LogP contribution is 2.17. The minimum atomic E-state index is 0.118. The van der Waals surface area contributed by atoms with Gasteiger partial charge >= 0.3 is 0 Å². The molecule has 2 N–H and O–H groups in total. The molecule has 18 heavy (non-hydrogen) atoms. The van der Waals surface area contributed by atoms with Crippen molar-refractivity contribution in [2.24, 2.45) is 0 Å². The van der Waals surface area contributed by atoms with Crippen molar-refractivity contribution in [3.05, 3.63) is 24.2 Å². The molecule has 0 bridgehead atoms. The van der Waals surface area contributed by atoms with Gasteiger partial charge in [-0.15, -0.1) is 0 Å². The summed E-state index contributed by atoms with van der Waals surface area (Å²) in [5, 5.41) is 12.7. The quantitative estimate of drug-likeness (QED) is 0.834. The van der Waals surface area contributed by atoms with Crippen LogP contribution in [0, 0.1) is 0 Å². The van der Waals surface area contributed by atoms with E-state index in [-0.39, 0.29) is 6.61 Å². The minimum Gasteiger partial charge on any atom is -0.395 e. The van der Waals surface area contributed by atoms with Crippen LogP contribution in [0.4, 0.5) is 0 Å². The van der Waals surface area contributed by atoms with Crippen molar-refractivity contribution >= 4 is 11.2 Å². The molecule has 3 rings (SSSR count). The Morgan fingerprint density at radius 2 is 2.44 bits per heavy atom. The molecule has 0 amide bonds. The number of aliphatic hydroxyl groups excluding tert-OH is 1. The summed E-state index contributed by atoms with van der Waals surface area (Å²) in [7, 11) is 0. The third-order valence-corrected chi connectivity index (χ3v) is 3.50. The van der Waals surface area contributed by atoms with Crippen LogP contribution in [0.3, 0.4) is 0 Å². The molecule has 0 radical (unpaired) electrons. The topological polar surface area (TPSA) is 63.0 Å². The molecule has 0 aliphatic carbocycles. The average molecular weight is 246 g/mol. The number of hydrogen-bond donors (Lipinski definition) is 2. The maximum atomic E-state index is 9.19. The van der Waals surface area contributed by atoms with Gasteiger partial charge in [0.25, 0.3) is 0 Å². The van der Waals surface area contributed by atoms with Crippen molar-refractivity contribution in [1.82, 2.24) is 19.9 Å². The van der Waals surface area contributed by atoms with Crippen molar-refractivity contribution in [2.45, 2.75) is 31.8 Å². The average Bonchev–Trinajstić information content (AvgIpc) is 3.00. The van der Waals surface area contributed by atoms with Gasteiger partial charge in [0.1, 0.15) is 11.3 Å². The summed E-state index contributed by atoms with van der Waals surface area (Å²) in [6, 6.07) is 4.39. The van der Waals surface area contributed by atoms with Crippen LogP contribution in [0.1, 0.15) is 18.7 Å². The summed E-state index contributed by atoms with van der Waals surface area (Å²) in [6.07, 6.45) is 5.13. The third kappa shape index (κ3) is 2.11. The van der Waals surface area contributed by atoms with Crippen molar-refractivity contribution in [3.8, 4) is 0 Å². The van der Waals surface area contributed by atoms with Crippen LogP contribution in [0.15, 0.2) is 18.3 Å². The SMILES string of the molecule is OCCn1c(CC2CCCN2)nc2cccnc21. The van der Waals surface area contributed by atoms with Crippen LogP contribution < -0.4 is 5.32 Å². The molecule has 0 aromatic carbocycles. The predicted molar refractivity (Wildman–Crippen MR) is 69.3 cm³/mol. The van der Waals surface area contributed by atoms with Crippen molar-refractivity contribution in [3.63, 3.8) is 0 Å². The van der Waals surface area contributed by atoms with Gasteiger partial charge in [0.15, 0.2) is 5.65 Å². The Morgan fingerprint density at radius 1 is 1.50 bits per heavy atom. The van der Waals surface area contributed by atoms with Gasteiger partial charge in [-0.2, -0.15) is 0 Å². The Balaban J connectivity index is 1.95. The molecule has 1 atom stereocenters. The Bertz CT molecular complexity index is 531. The largest absolute Gasteiger partial charge is 0.395 e. The summed E-state index contributed by atoms with van der Waals surface area (Å²) in [5.41, 5.74) is 1.79. The fourth-order valence-electron chi connectivity index (χ4n) is 2.65. The Hall–Kier alpha value is -1.46. The normalized spacial score (nSPS) is 19.7.